The average molecular weight is 330 g/mol. The van der Waals surface area contributed by atoms with Crippen LogP contribution < -0.4 is 0 Å². The molecule has 0 radical (unpaired) electrons. The molecule has 0 amide bonds. The normalized spacial score (nSPS) is 21.7. The van der Waals surface area contributed by atoms with Crippen molar-refractivity contribution in [2.45, 2.75) is 52.2 Å². The molecule has 24 heavy (non-hydrogen) atoms. The van der Waals surface area contributed by atoms with Crippen molar-refractivity contribution in [2.75, 3.05) is 0 Å². The summed E-state index contributed by atoms with van der Waals surface area (Å²) < 4.78 is 6.04. The maximum Gasteiger partial charge on any atom is 0.193 e. The third kappa shape index (κ3) is 2.92. The molecule has 130 valence electrons. The molecule has 1 aromatic rings. The Morgan fingerprint density at radius 3 is 2.50 bits per heavy atom. The Morgan fingerprint density at radius 2 is 1.96 bits per heavy atom. The lowest BCUT2D eigenvalue weighted by Gasteiger charge is -2.39. The summed E-state index contributed by atoms with van der Waals surface area (Å²) in [5.41, 5.74) is 0.482. The number of hydrogen-bond acceptors (Lipinski definition) is 4. The predicted octanol–water partition coefficient (Wildman–Crippen LogP) is 4.87. The lowest BCUT2D eigenvalue weighted by Crippen LogP contribution is -2.41. The van der Waals surface area contributed by atoms with Gasteiger partial charge in [0.05, 0.1) is 6.10 Å². The van der Waals surface area contributed by atoms with E-state index in [4.69, 9.17) is 9.62 Å². The van der Waals surface area contributed by atoms with Crippen LogP contribution in [-0.2, 0) is 15.2 Å². The van der Waals surface area contributed by atoms with Crippen molar-refractivity contribution < 1.29 is 19.7 Å². The van der Waals surface area contributed by atoms with Crippen LogP contribution in [0.1, 0.15) is 56.5 Å². The monoisotopic (exact) mass is 330 g/mol. The second kappa shape index (κ2) is 7.32. The van der Waals surface area contributed by atoms with E-state index in [0.29, 0.717) is 28.9 Å². The molecule has 2 rings (SSSR count). The highest BCUT2D eigenvalue weighted by Gasteiger charge is 2.49. The average Bonchev–Trinajstić information content (AvgIpc) is 2.57. The third-order valence-corrected chi connectivity index (χ3v) is 4.51. The highest BCUT2D eigenvalue weighted by Crippen LogP contribution is 2.47. The standard InChI is InChI=1S/C20H26O4/c1-6-12-20(24-22)16-11-9-8-10-15(16)18(21)17(14(5)7-2)19(20)23-13(3)4/h6,8-11,13-14,22H,1,7,12H2,2-5H3. The smallest absolute Gasteiger partial charge is 0.193 e. The van der Waals surface area contributed by atoms with Gasteiger partial charge in [0.25, 0.3) is 0 Å². The Balaban J connectivity index is 2.84. The number of allylic oxidation sites excluding steroid dienone is 1. The van der Waals surface area contributed by atoms with Gasteiger partial charge in [0.15, 0.2) is 11.4 Å². The molecule has 0 spiro atoms. The van der Waals surface area contributed by atoms with Crippen molar-refractivity contribution in [1.82, 2.24) is 0 Å². The van der Waals surface area contributed by atoms with E-state index >= 15 is 0 Å². The van der Waals surface area contributed by atoms with E-state index in [9.17, 15) is 10.1 Å². The van der Waals surface area contributed by atoms with E-state index in [0.717, 1.165) is 6.42 Å². The molecule has 1 N–H and O–H groups in total. The molecule has 1 aliphatic rings. The molecule has 0 saturated heterocycles. The van der Waals surface area contributed by atoms with E-state index < -0.39 is 5.60 Å². The first-order valence-corrected chi connectivity index (χ1v) is 8.41. The van der Waals surface area contributed by atoms with Crippen LogP contribution in [0, 0.1) is 5.92 Å². The molecular weight excluding hydrogens is 304 g/mol. The number of benzene rings is 1. The molecular formula is C20H26O4. The molecule has 2 unspecified atom stereocenters. The van der Waals surface area contributed by atoms with Gasteiger partial charge in [-0.25, -0.2) is 4.89 Å². The van der Waals surface area contributed by atoms with E-state index in [1.165, 1.54) is 0 Å². The Bertz CT molecular complexity index is 659. The van der Waals surface area contributed by atoms with Crippen LogP contribution in [-0.4, -0.2) is 17.1 Å². The maximum absolute atomic E-state index is 13.1. The topological polar surface area (TPSA) is 55.8 Å². The minimum atomic E-state index is -1.24. The third-order valence-electron chi connectivity index (χ3n) is 4.51. The number of Topliss-reactive ketones (excluding diaryl/α,β-unsaturated/α-hetero) is 1. The Labute approximate surface area is 143 Å². The first-order chi connectivity index (χ1) is 11.4. The molecule has 1 aliphatic carbocycles. The minimum absolute atomic E-state index is 0.0149. The van der Waals surface area contributed by atoms with Gasteiger partial charge in [0, 0.05) is 23.1 Å². The molecule has 0 heterocycles. The Morgan fingerprint density at radius 1 is 1.29 bits per heavy atom. The van der Waals surface area contributed by atoms with Crippen LogP contribution in [0.3, 0.4) is 0 Å². The number of carbonyl (C=O) groups excluding carboxylic acids is 1. The van der Waals surface area contributed by atoms with Gasteiger partial charge < -0.3 is 4.74 Å². The van der Waals surface area contributed by atoms with Gasteiger partial charge in [-0.1, -0.05) is 44.2 Å². The van der Waals surface area contributed by atoms with Gasteiger partial charge in [-0.05, 0) is 26.2 Å². The number of carbonyl (C=O) groups is 1. The van der Waals surface area contributed by atoms with Gasteiger partial charge in [-0.2, -0.15) is 0 Å². The SMILES string of the molecule is C=CCC1(OO)C(OC(C)C)=C(C(C)CC)C(=O)c2ccccc21. The first-order valence-electron chi connectivity index (χ1n) is 8.41. The summed E-state index contributed by atoms with van der Waals surface area (Å²) >= 11 is 0. The fraction of sp³-hybridized carbons (Fsp3) is 0.450. The molecule has 0 saturated carbocycles. The summed E-state index contributed by atoms with van der Waals surface area (Å²) in [6.07, 6.45) is 2.59. The zero-order valence-electron chi connectivity index (χ0n) is 14.8. The van der Waals surface area contributed by atoms with Gasteiger partial charge >= 0.3 is 0 Å². The zero-order chi connectivity index (χ0) is 17.9. The second-order valence-electron chi connectivity index (χ2n) is 6.50. The molecule has 0 fully saturated rings. The lowest BCUT2D eigenvalue weighted by molar-refractivity contribution is -0.326. The summed E-state index contributed by atoms with van der Waals surface area (Å²) in [6, 6.07) is 7.20. The van der Waals surface area contributed by atoms with Crippen molar-refractivity contribution in [3.63, 3.8) is 0 Å². The van der Waals surface area contributed by atoms with Crippen LogP contribution in [0.15, 0.2) is 48.3 Å². The highest BCUT2D eigenvalue weighted by atomic mass is 17.1. The summed E-state index contributed by atoms with van der Waals surface area (Å²) in [6.45, 7) is 11.6. The van der Waals surface area contributed by atoms with E-state index in [2.05, 4.69) is 6.58 Å². The molecule has 0 aliphatic heterocycles. The van der Waals surface area contributed by atoms with Crippen molar-refractivity contribution in [3.05, 3.63) is 59.4 Å². The van der Waals surface area contributed by atoms with Gasteiger partial charge in [-0.3, -0.25) is 10.1 Å². The Kier molecular flexibility index (Phi) is 5.62. The second-order valence-corrected chi connectivity index (χ2v) is 6.50. The van der Waals surface area contributed by atoms with E-state index in [-0.39, 0.29) is 17.8 Å². The zero-order valence-corrected chi connectivity index (χ0v) is 14.8. The van der Waals surface area contributed by atoms with Crippen molar-refractivity contribution >= 4 is 5.78 Å². The van der Waals surface area contributed by atoms with Crippen LogP contribution in [0.25, 0.3) is 0 Å². The summed E-state index contributed by atoms with van der Waals surface area (Å²) in [4.78, 5) is 18.1. The van der Waals surface area contributed by atoms with Crippen LogP contribution in [0.5, 0.6) is 0 Å². The molecule has 1 aromatic carbocycles. The summed E-state index contributed by atoms with van der Waals surface area (Å²) in [5, 5.41) is 9.89. The molecule has 0 bridgehead atoms. The predicted molar refractivity (Wildman–Crippen MR) is 93.7 cm³/mol. The van der Waals surface area contributed by atoms with Crippen molar-refractivity contribution in [3.8, 4) is 0 Å². The minimum Gasteiger partial charge on any atom is -0.491 e. The lowest BCUT2D eigenvalue weighted by atomic mass is 9.73. The molecule has 0 aromatic heterocycles. The van der Waals surface area contributed by atoms with Crippen LogP contribution in [0.2, 0.25) is 0 Å². The molecule has 2 atom stereocenters. The molecule has 4 heteroatoms. The summed E-state index contributed by atoms with van der Waals surface area (Å²) in [5.74, 6) is 0.323. The van der Waals surface area contributed by atoms with E-state index in [1.54, 1.807) is 18.2 Å². The Hall–Kier alpha value is -1.91. The van der Waals surface area contributed by atoms with Gasteiger partial charge in [-0.15, -0.1) is 6.58 Å². The van der Waals surface area contributed by atoms with E-state index in [1.807, 2.05) is 39.8 Å². The quantitative estimate of drug-likeness (QED) is 0.440. The number of rotatable bonds is 7. The number of hydrogen-bond donors (Lipinski definition) is 1. The number of ether oxygens (including phenoxy) is 1. The maximum atomic E-state index is 13.1. The van der Waals surface area contributed by atoms with Gasteiger partial charge in [0.1, 0.15) is 5.76 Å². The van der Waals surface area contributed by atoms with Crippen molar-refractivity contribution in [1.29, 1.82) is 0 Å². The largest absolute Gasteiger partial charge is 0.491 e. The van der Waals surface area contributed by atoms with Crippen molar-refractivity contribution in [2.24, 2.45) is 5.92 Å². The van der Waals surface area contributed by atoms with Crippen LogP contribution >= 0.6 is 0 Å². The fourth-order valence-corrected chi connectivity index (χ4v) is 3.20. The van der Waals surface area contributed by atoms with Gasteiger partial charge in [0.2, 0.25) is 0 Å². The number of fused-ring (bicyclic) bond motifs is 1. The fourth-order valence-electron chi connectivity index (χ4n) is 3.20. The molecule has 4 nitrogen and oxygen atoms in total. The first kappa shape index (κ1) is 18.4. The number of ketones is 1. The summed E-state index contributed by atoms with van der Waals surface area (Å²) in [7, 11) is 0. The highest BCUT2D eigenvalue weighted by molar-refractivity contribution is 6.12. The van der Waals surface area contributed by atoms with Crippen LogP contribution in [0.4, 0.5) is 0 Å².